The average Bonchev–Trinajstić information content (AvgIpc) is 3.01. The lowest BCUT2D eigenvalue weighted by atomic mass is 10.1. The minimum absolute atomic E-state index is 0.157. The standard InChI is InChI=1S/C10H12N5O6P/c11-8-5-9(13-2-12-8)15(3-14-5)10-6(16)7-4(20-10)1-19-22(17,18)21-7/h2-4,6-7,10,16H,1H2,(H,17,18)(H2,11,12,13)/t4-,6-,7-,10+/m1/s1. The minimum atomic E-state index is -4.16. The number of ether oxygens (including phenoxy) is 1. The summed E-state index contributed by atoms with van der Waals surface area (Å²) >= 11 is 0. The lowest BCUT2D eigenvalue weighted by Gasteiger charge is -2.27. The molecule has 4 heterocycles. The molecule has 4 rings (SSSR count). The van der Waals surface area contributed by atoms with Crippen molar-refractivity contribution in [2.75, 3.05) is 12.3 Å². The van der Waals surface area contributed by atoms with Crippen LogP contribution in [0.15, 0.2) is 12.7 Å². The highest BCUT2D eigenvalue weighted by molar-refractivity contribution is 7.47. The van der Waals surface area contributed by atoms with Crippen LogP contribution in [0.2, 0.25) is 0 Å². The first-order valence-corrected chi connectivity index (χ1v) is 7.88. The molecule has 118 valence electrons. The number of phosphoric acid groups is 1. The normalized spacial score (nSPS) is 38.3. The number of aromatic nitrogens is 4. The molecule has 2 aliphatic heterocycles. The summed E-state index contributed by atoms with van der Waals surface area (Å²) in [5.41, 5.74) is 6.46. The Morgan fingerprint density at radius 3 is 3.05 bits per heavy atom. The van der Waals surface area contributed by atoms with Gasteiger partial charge in [0.05, 0.1) is 12.9 Å². The molecular formula is C10H12N5O6P. The van der Waals surface area contributed by atoms with E-state index in [2.05, 4.69) is 19.5 Å². The van der Waals surface area contributed by atoms with E-state index >= 15 is 0 Å². The van der Waals surface area contributed by atoms with Gasteiger partial charge < -0.3 is 20.5 Å². The monoisotopic (exact) mass is 329 g/mol. The van der Waals surface area contributed by atoms with Crippen LogP contribution in [-0.2, 0) is 18.3 Å². The fraction of sp³-hybridized carbons (Fsp3) is 0.500. The molecule has 0 aliphatic carbocycles. The number of nitrogens with zero attached hydrogens (tertiary/aromatic N) is 4. The zero-order valence-corrected chi connectivity index (χ0v) is 11.9. The zero-order valence-electron chi connectivity index (χ0n) is 11.0. The molecule has 12 heteroatoms. The lowest BCUT2D eigenvalue weighted by molar-refractivity contribution is -0.0664. The lowest BCUT2D eigenvalue weighted by Crippen LogP contribution is -2.39. The second kappa shape index (κ2) is 4.69. The second-order valence-corrected chi connectivity index (χ2v) is 6.38. The smallest absolute Gasteiger partial charge is 0.386 e. The number of phosphoric ester groups is 1. The van der Waals surface area contributed by atoms with Gasteiger partial charge in [-0.2, -0.15) is 0 Å². The van der Waals surface area contributed by atoms with E-state index in [4.69, 9.17) is 15.0 Å². The van der Waals surface area contributed by atoms with Crippen molar-refractivity contribution in [1.29, 1.82) is 0 Å². The Morgan fingerprint density at radius 1 is 1.41 bits per heavy atom. The number of imidazole rings is 1. The maximum absolute atomic E-state index is 11.5. The molecule has 2 aliphatic rings. The van der Waals surface area contributed by atoms with Crippen LogP contribution in [0.25, 0.3) is 11.2 Å². The number of anilines is 1. The third-order valence-electron chi connectivity index (χ3n) is 3.63. The molecule has 0 radical (unpaired) electrons. The molecule has 2 aromatic heterocycles. The van der Waals surface area contributed by atoms with E-state index in [9.17, 15) is 14.6 Å². The van der Waals surface area contributed by atoms with Crippen LogP contribution in [0.4, 0.5) is 5.82 Å². The number of hydrogen-bond acceptors (Lipinski definition) is 9. The predicted octanol–water partition coefficient (Wildman–Crippen LogP) is -0.817. The van der Waals surface area contributed by atoms with Crippen LogP contribution in [0.3, 0.4) is 0 Å². The Morgan fingerprint density at radius 2 is 2.23 bits per heavy atom. The van der Waals surface area contributed by atoms with Crippen molar-refractivity contribution < 1.29 is 28.3 Å². The van der Waals surface area contributed by atoms with Crippen LogP contribution in [0.5, 0.6) is 0 Å². The average molecular weight is 329 g/mol. The van der Waals surface area contributed by atoms with Crippen molar-refractivity contribution >= 4 is 24.8 Å². The molecule has 2 saturated heterocycles. The Bertz CT molecular complexity index is 782. The third-order valence-corrected chi connectivity index (χ3v) is 4.61. The van der Waals surface area contributed by atoms with E-state index in [1.165, 1.54) is 17.2 Å². The maximum atomic E-state index is 11.5. The summed E-state index contributed by atoms with van der Waals surface area (Å²) in [6.45, 7) is -0.157. The molecule has 0 saturated carbocycles. The Kier molecular flexibility index (Phi) is 2.98. The van der Waals surface area contributed by atoms with Crippen LogP contribution in [0, 0.1) is 0 Å². The Hall–Kier alpha value is -1.62. The fourth-order valence-electron chi connectivity index (χ4n) is 2.62. The molecule has 4 N–H and O–H groups in total. The van der Waals surface area contributed by atoms with Gasteiger partial charge in [0, 0.05) is 0 Å². The quantitative estimate of drug-likeness (QED) is 0.565. The number of hydrogen-bond donors (Lipinski definition) is 3. The van der Waals surface area contributed by atoms with Crippen LogP contribution >= 0.6 is 7.82 Å². The summed E-state index contributed by atoms with van der Waals surface area (Å²) in [4.78, 5) is 21.3. The van der Waals surface area contributed by atoms with E-state index in [0.717, 1.165) is 0 Å². The summed E-state index contributed by atoms with van der Waals surface area (Å²) in [5, 5.41) is 10.4. The van der Waals surface area contributed by atoms with Gasteiger partial charge in [-0.25, -0.2) is 19.5 Å². The molecule has 22 heavy (non-hydrogen) atoms. The van der Waals surface area contributed by atoms with Gasteiger partial charge in [0.1, 0.15) is 30.2 Å². The molecule has 0 spiro atoms. The van der Waals surface area contributed by atoms with Crippen molar-refractivity contribution in [1.82, 2.24) is 19.5 Å². The molecular weight excluding hydrogens is 317 g/mol. The van der Waals surface area contributed by atoms with Crippen LogP contribution in [0.1, 0.15) is 6.23 Å². The van der Waals surface area contributed by atoms with Gasteiger partial charge in [0.15, 0.2) is 17.7 Å². The topological polar surface area (TPSA) is 155 Å². The van der Waals surface area contributed by atoms with Crippen molar-refractivity contribution in [3.8, 4) is 0 Å². The predicted molar refractivity (Wildman–Crippen MR) is 70.3 cm³/mol. The first kappa shape index (κ1) is 14.0. The zero-order chi connectivity index (χ0) is 15.5. The Balaban J connectivity index is 1.71. The van der Waals surface area contributed by atoms with Crippen molar-refractivity contribution in [3.63, 3.8) is 0 Å². The van der Waals surface area contributed by atoms with E-state index < -0.39 is 32.4 Å². The van der Waals surface area contributed by atoms with Gasteiger partial charge in [-0.15, -0.1) is 0 Å². The molecule has 0 bridgehead atoms. The van der Waals surface area contributed by atoms with Gasteiger partial charge >= 0.3 is 7.82 Å². The molecule has 1 unspecified atom stereocenters. The van der Waals surface area contributed by atoms with E-state index in [1.807, 2.05) is 0 Å². The first-order valence-electron chi connectivity index (χ1n) is 6.38. The van der Waals surface area contributed by atoms with Crippen molar-refractivity contribution in [3.05, 3.63) is 12.7 Å². The van der Waals surface area contributed by atoms with Gasteiger partial charge in [-0.05, 0) is 0 Å². The number of nitrogens with two attached hydrogens (primary N) is 1. The van der Waals surface area contributed by atoms with Gasteiger partial charge in [-0.1, -0.05) is 0 Å². The van der Waals surface area contributed by atoms with Crippen molar-refractivity contribution in [2.24, 2.45) is 0 Å². The van der Waals surface area contributed by atoms with E-state index in [-0.39, 0.29) is 12.4 Å². The van der Waals surface area contributed by atoms with Gasteiger partial charge in [0.2, 0.25) is 0 Å². The molecule has 2 aromatic rings. The first-order chi connectivity index (χ1) is 10.5. The summed E-state index contributed by atoms with van der Waals surface area (Å²) in [5.74, 6) is 0.202. The number of aliphatic hydroxyl groups excluding tert-OH is 1. The van der Waals surface area contributed by atoms with Crippen LogP contribution < -0.4 is 5.73 Å². The summed E-state index contributed by atoms with van der Waals surface area (Å²) in [7, 11) is -4.16. The highest BCUT2D eigenvalue weighted by Crippen LogP contribution is 2.52. The number of aliphatic hydroxyl groups is 1. The molecule has 0 aromatic carbocycles. The Labute approximate surface area is 123 Å². The highest BCUT2D eigenvalue weighted by Gasteiger charge is 2.52. The number of fused-ring (bicyclic) bond motifs is 2. The number of rotatable bonds is 1. The SMILES string of the molecule is Nc1ncnc2c1ncn2[C@H]1O[C@@H]2COP(=O)(O)O[C@H]2[C@H]1O. The van der Waals surface area contributed by atoms with Crippen molar-refractivity contribution in [2.45, 2.75) is 24.5 Å². The molecule has 11 nitrogen and oxygen atoms in total. The van der Waals surface area contributed by atoms with E-state index in [0.29, 0.717) is 11.2 Å². The summed E-state index contributed by atoms with van der Waals surface area (Å²) < 4.78 is 28.2. The highest BCUT2D eigenvalue weighted by atomic mass is 31.2. The minimum Gasteiger partial charge on any atom is -0.386 e. The summed E-state index contributed by atoms with van der Waals surface area (Å²) in [6.07, 6.45) is -1.07. The maximum Gasteiger partial charge on any atom is 0.472 e. The fourth-order valence-corrected chi connectivity index (χ4v) is 3.59. The largest absolute Gasteiger partial charge is 0.472 e. The molecule has 5 atom stereocenters. The third kappa shape index (κ3) is 2.02. The molecule has 2 fully saturated rings. The van der Waals surface area contributed by atoms with E-state index in [1.54, 1.807) is 0 Å². The van der Waals surface area contributed by atoms with Gasteiger partial charge in [-0.3, -0.25) is 13.6 Å². The summed E-state index contributed by atoms with van der Waals surface area (Å²) in [6, 6.07) is 0. The molecule has 0 amide bonds. The van der Waals surface area contributed by atoms with Gasteiger partial charge in [0.25, 0.3) is 0 Å². The second-order valence-electron chi connectivity index (χ2n) is 4.97. The number of nitrogen functional groups attached to an aromatic ring is 1. The van der Waals surface area contributed by atoms with Crippen LogP contribution in [-0.4, -0.2) is 54.4 Å².